The maximum Gasteiger partial charge on any atom is 0.239 e. The second-order valence-corrected chi connectivity index (χ2v) is 8.78. The number of carbonyl (C=O) groups excluding carboxylic acids is 1. The fourth-order valence-corrected chi connectivity index (χ4v) is 5.55. The van der Waals surface area contributed by atoms with Crippen LogP contribution in [0.3, 0.4) is 0 Å². The van der Waals surface area contributed by atoms with Crippen molar-refractivity contribution in [3.63, 3.8) is 0 Å². The fraction of sp³-hybridized carbons (Fsp3) is 0.522. The Morgan fingerprint density at radius 2 is 2.21 bits per heavy atom. The van der Waals surface area contributed by atoms with Gasteiger partial charge in [0.1, 0.15) is 17.1 Å². The van der Waals surface area contributed by atoms with Gasteiger partial charge in [-0.25, -0.2) is 0 Å². The molecule has 0 aromatic rings. The van der Waals surface area contributed by atoms with Crippen LogP contribution >= 0.6 is 11.8 Å². The first-order valence-corrected chi connectivity index (χ1v) is 11.2. The number of fused-ring (bicyclic) bond motifs is 1. The molecule has 5 heteroatoms. The van der Waals surface area contributed by atoms with Gasteiger partial charge in [-0.2, -0.15) is 0 Å². The molecule has 0 radical (unpaired) electrons. The van der Waals surface area contributed by atoms with Gasteiger partial charge in [0.25, 0.3) is 0 Å². The number of nitrogens with one attached hydrogen (secondary N) is 1. The summed E-state index contributed by atoms with van der Waals surface area (Å²) in [5.41, 5.74) is 2.11. The van der Waals surface area contributed by atoms with Crippen molar-refractivity contribution in [2.45, 2.75) is 37.9 Å². The molecule has 28 heavy (non-hydrogen) atoms. The zero-order valence-corrected chi connectivity index (χ0v) is 17.9. The van der Waals surface area contributed by atoms with E-state index in [2.05, 4.69) is 44.5 Å². The number of hydrogen-bond acceptors (Lipinski definition) is 4. The van der Waals surface area contributed by atoms with Crippen molar-refractivity contribution < 1.29 is 9.53 Å². The zero-order valence-electron chi connectivity index (χ0n) is 17.1. The summed E-state index contributed by atoms with van der Waals surface area (Å²) in [7, 11) is 0. The van der Waals surface area contributed by atoms with E-state index in [1.165, 1.54) is 4.91 Å². The Hall–Kier alpha value is -1.72. The predicted octanol–water partition coefficient (Wildman–Crippen LogP) is 4.20. The molecule has 4 nitrogen and oxygen atoms in total. The first kappa shape index (κ1) is 21.0. The van der Waals surface area contributed by atoms with Gasteiger partial charge >= 0.3 is 0 Å². The van der Waals surface area contributed by atoms with Gasteiger partial charge in [-0.05, 0) is 45.2 Å². The van der Waals surface area contributed by atoms with Crippen LogP contribution in [0.2, 0.25) is 0 Å². The molecule has 3 aliphatic rings. The Morgan fingerprint density at radius 1 is 1.43 bits per heavy atom. The first-order valence-electron chi connectivity index (χ1n) is 10.3. The Kier molecular flexibility index (Phi) is 6.89. The number of nitrogens with zero attached hydrogens (tertiary/aromatic N) is 1. The minimum Gasteiger partial charge on any atom is -0.492 e. The quantitative estimate of drug-likeness (QED) is 0.751. The summed E-state index contributed by atoms with van der Waals surface area (Å²) in [6, 6.07) is 0. The number of thioether (sulfide) groups is 1. The highest BCUT2D eigenvalue weighted by atomic mass is 32.2. The van der Waals surface area contributed by atoms with Gasteiger partial charge in [-0.1, -0.05) is 37.5 Å². The molecule has 2 aliphatic heterocycles. The average molecular weight is 401 g/mol. The molecule has 2 heterocycles. The molecule has 1 amide bonds. The molecule has 3 rings (SSSR count). The van der Waals surface area contributed by atoms with E-state index < -0.39 is 0 Å². The first-order chi connectivity index (χ1) is 13.6. The fourth-order valence-electron chi connectivity index (χ4n) is 3.92. The van der Waals surface area contributed by atoms with E-state index in [0.717, 1.165) is 56.6 Å². The van der Waals surface area contributed by atoms with Crippen LogP contribution < -0.4 is 5.32 Å². The Labute approximate surface area is 173 Å². The van der Waals surface area contributed by atoms with Crippen molar-refractivity contribution in [1.82, 2.24) is 10.2 Å². The van der Waals surface area contributed by atoms with Crippen molar-refractivity contribution in [3.05, 3.63) is 59.3 Å². The summed E-state index contributed by atoms with van der Waals surface area (Å²) in [6.07, 6.45) is 11.3. The van der Waals surface area contributed by atoms with Crippen molar-refractivity contribution in [1.29, 1.82) is 0 Å². The van der Waals surface area contributed by atoms with Gasteiger partial charge in [0, 0.05) is 36.0 Å². The molecular formula is C23H32N2O2S. The highest BCUT2D eigenvalue weighted by molar-refractivity contribution is 8.06. The third kappa shape index (κ3) is 4.15. The van der Waals surface area contributed by atoms with Gasteiger partial charge in [0.05, 0.1) is 0 Å². The van der Waals surface area contributed by atoms with Crippen LogP contribution in [0.15, 0.2) is 59.3 Å². The maximum atomic E-state index is 13.1. The van der Waals surface area contributed by atoms with Crippen molar-refractivity contribution in [2.75, 3.05) is 32.8 Å². The standard InChI is InChI=1S/C23H32N2O2S/c1-5-10-19-17(4)27-14-13-24-12-9-8-11-20(19)21-15-18-16-23(18,28-21)22(26)25(6-2)7-3/h5,10-11,15,18,24H,1,4,6-9,12-14,16H2,2-3H3/b19-10+,20-11+. The van der Waals surface area contributed by atoms with E-state index in [-0.39, 0.29) is 10.7 Å². The maximum absolute atomic E-state index is 13.1. The van der Waals surface area contributed by atoms with Gasteiger partial charge < -0.3 is 15.0 Å². The summed E-state index contributed by atoms with van der Waals surface area (Å²) in [5, 5.41) is 3.39. The van der Waals surface area contributed by atoms with Crippen molar-refractivity contribution in [2.24, 2.45) is 5.92 Å². The molecule has 0 spiro atoms. The molecule has 0 aromatic carbocycles. The summed E-state index contributed by atoms with van der Waals surface area (Å²) >= 11 is 1.74. The molecule has 0 saturated heterocycles. The second-order valence-electron chi connectivity index (χ2n) is 7.41. The number of rotatable bonds is 5. The van der Waals surface area contributed by atoms with E-state index in [1.54, 1.807) is 17.8 Å². The number of carbonyl (C=O) groups is 1. The van der Waals surface area contributed by atoms with Crippen LogP contribution in [-0.4, -0.2) is 48.3 Å². The molecule has 0 bridgehead atoms. The summed E-state index contributed by atoms with van der Waals surface area (Å²) < 4.78 is 5.59. The lowest BCUT2D eigenvalue weighted by molar-refractivity contribution is -0.131. The zero-order chi connectivity index (χ0) is 20.1. The van der Waals surface area contributed by atoms with E-state index in [4.69, 9.17) is 4.74 Å². The van der Waals surface area contributed by atoms with E-state index in [1.807, 2.05) is 11.0 Å². The van der Waals surface area contributed by atoms with Crippen LogP contribution in [0, 0.1) is 5.92 Å². The number of hydrogen-bond donors (Lipinski definition) is 1. The van der Waals surface area contributed by atoms with Crippen molar-refractivity contribution >= 4 is 17.7 Å². The molecule has 2 unspecified atom stereocenters. The molecular weight excluding hydrogens is 368 g/mol. The van der Waals surface area contributed by atoms with Gasteiger partial charge in [-0.15, -0.1) is 11.8 Å². The Bertz CT molecular complexity index is 733. The van der Waals surface area contributed by atoms with E-state index >= 15 is 0 Å². The SMILES string of the molecule is C=C/C=C1C(=C)OCCNCCC/C=C\1C1=CC2CC2(C(=O)N(CC)CC)S1. The minimum absolute atomic E-state index is 0.282. The third-order valence-electron chi connectivity index (χ3n) is 5.62. The largest absolute Gasteiger partial charge is 0.492 e. The molecule has 2 atom stereocenters. The molecule has 0 aromatic heterocycles. The normalized spacial score (nSPS) is 31.0. The van der Waals surface area contributed by atoms with Crippen LogP contribution in [-0.2, 0) is 9.53 Å². The Balaban J connectivity index is 1.87. The van der Waals surface area contributed by atoms with Crippen LogP contribution in [0.4, 0.5) is 0 Å². The minimum atomic E-state index is -0.294. The van der Waals surface area contributed by atoms with Crippen LogP contribution in [0.25, 0.3) is 0 Å². The van der Waals surface area contributed by atoms with Crippen LogP contribution in [0.1, 0.15) is 33.1 Å². The molecule has 1 fully saturated rings. The highest BCUT2D eigenvalue weighted by Gasteiger charge is 2.64. The average Bonchev–Trinajstić information content (AvgIpc) is 3.28. The number of amides is 1. The van der Waals surface area contributed by atoms with E-state index in [0.29, 0.717) is 18.3 Å². The lowest BCUT2D eigenvalue weighted by Crippen LogP contribution is -2.39. The summed E-state index contributed by atoms with van der Waals surface area (Å²) in [6.45, 7) is 16.1. The Morgan fingerprint density at radius 3 is 2.93 bits per heavy atom. The molecule has 152 valence electrons. The molecule has 1 N–H and O–H groups in total. The molecule has 1 saturated carbocycles. The summed E-state index contributed by atoms with van der Waals surface area (Å²) in [5.74, 6) is 1.28. The van der Waals surface area contributed by atoms with Gasteiger partial charge in [-0.3, -0.25) is 4.79 Å². The van der Waals surface area contributed by atoms with Gasteiger partial charge in [0.2, 0.25) is 5.91 Å². The smallest absolute Gasteiger partial charge is 0.239 e. The highest BCUT2D eigenvalue weighted by Crippen LogP contribution is 2.65. The summed E-state index contributed by atoms with van der Waals surface area (Å²) in [4.78, 5) is 16.3. The van der Waals surface area contributed by atoms with Crippen LogP contribution in [0.5, 0.6) is 0 Å². The van der Waals surface area contributed by atoms with E-state index in [9.17, 15) is 4.79 Å². The van der Waals surface area contributed by atoms with Crippen molar-refractivity contribution in [3.8, 4) is 0 Å². The lowest BCUT2D eigenvalue weighted by Gasteiger charge is -2.25. The second kappa shape index (κ2) is 9.19. The topological polar surface area (TPSA) is 41.6 Å². The lowest BCUT2D eigenvalue weighted by atomic mass is 10.0. The van der Waals surface area contributed by atoms with Gasteiger partial charge in [0.15, 0.2) is 0 Å². The predicted molar refractivity (Wildman–Crippen MR) is 118 cm³/mol. The molecule has 1 aliphatic carbocycles. The number of allylic oxidation sites excluding steroid dienone is 6. The monoisotopic (exact) mass is 400 g/mol. The number of ether oxygens (including phenoxy) is 1. The third-order valence-corrected chi connectivity index (χ3v) is 7.21.